The van der Waals surface area contributed by atoms with Crippen molar-refractivity contribution in [2.24, 2.45) is 0 Å². The molecule has 5 heteroatoms. The van der Waals surface area contributed by atoms with E-state index in [0.29, 0.717) is 0 Å². The molecule has 2 aromatic heterocycles. The van der Waals surface area contributed by atoms with E-state index in [2.05, 4.69) is 34.4 Å². The van der Waals surface area contributed by atoms with E-state index < -0.39 is 0 Å². The molecule has 1 aliphatic heterocycles. The monoisotopic (exact) mass is 325 g/mol. The van der Waals surface area contributed by atoms with Gasteiger partial charge in [-0.25, -0.2) is 0 Å². The maximum absolute atomic E-state index is 12.0. The summed E-state index contributed by atoms with van der Waals surface area (Å²) < 4.78 is 7.78. The zero-order valence-corrected chi connectivity index (χ0v) is 14.2. The zero-order valence-electron chi connectivity index (χ0n) is 14.2. The van der Waals surface area contributed by atoms with Crippen LogP contribution in [-0.4, -0.2) is 47.3 Å². The number of hydrogen-bond donors (Lipinski definition) is 1. The number of rotatable bonds is 3. The van der Waals surface area contributed by atoms with Crippen LogP contribution >= 0.6 is 0 Å². The number of aryl methyl sites for hydroxylation is 1. The van der Waals surface area contributed by atoms with Crippen LogP contribution < -0.4 is 5.43 Å². The fraction of sp³-hybridized carbons (Fsp3) is 0.421. The van der Waals surface area contributed by atoms with Crippen molar-refractivity contribution in [1.29, 1.82) is 0 Å². The zero-order chi connectivity index (χ0) is 16.7. The number of hydrogen-bond acceptors (Lipinski definition) is 3. The van der Waals surface area contributed by atoms with Gasteiger partial charge in [0, 0.05) is 54.4 Å². The van der Waals surface area contributed by atoms with Crippen LogP contribution in [-0.2, 0) is 4.74 Å². The van der Waals surface area contributed by atoms with Gasteiger partial charge in [-0.1, -0.05) is 0 Å². The number of ether oxygens (including phenoxy) is 1. The highest BCUT2D eigenvalue weighted by Gasteiger charge is 2.20. The first kappa shape index (κ1) is 15.4. The smallest absolute Gasteiger partial charge is 0.180 e. The normalized spacial score (nSPS) is 17.6. The third-order valence-corrected chi connectivity index (χ3v) is 4.99. The highest BCUT2D eigenvalue weighted by Crippen LogP contribution is 2.32. The molecule has 0 aliphatic carbocycles. The summed E-state index contributed by atoms with van der Waals surface area (Å²) in [6.07, 6.45) is 1.97. The number of benzene rings is 1. The van der Waals surface area contributed by atoms with Crippen molar-refractivity contribution in [3.63, 3.8) is 0 Å². The molecule has 1 atom stereocenters. The Labute approximate surface area is 140 Å². The van der Waals surface area contributed by atoms with Crippen molar-refractivity contribution in [2.75, 3.05) is 32.8 Å². The Kier molecular flexibility index (Phi) is 3.90. The third-order valence-electron chi connectivity index (χ3n) is 4.99. The summed E-state index contributed by atoms with van der Waals surface area (Å²) in [5, 5.41) is 2.35. The molecule has 5 nitrogen and oxygen atoms in total. The molecule has 3 heterocycles. The van der Waals surface area contributed by atoms with E-state index in [1.165, 1.54) is 10.9 Å². The summed E-state index contributed by atoms with van der Waals surface area (Å²) in [4.78, 5) is 17.7. The second kappa shape index (κ2) is 6.07. The second-order valence-corrected chi connectivity index (χ2v) is 6.68. The topological polar surface area (TPSA) is 50.3 Å². The molecule has 0 radical (unpaired) electrons. The van der Waals surface area contributed by atoms with Gasteiger partial charge in [0.05, 0.1) is 24.2 Å². The van der Waals surface area contributed by atoms with E-state index in [1.54, 1.807) is 12.1 Å². The number of pyridine rings is 1. The number of nitrogens with zero attached hydrogens (tertiary/aromatic N) is 2. The molecule has 3 aromatic rings. The van der Waals surface area contributed by atoms with Gasteiger partial charge in [-0.05, 0) is 32.0 Å². The van der Waals surface area contributed by atoms with Crippen molar-refractivity contribution < 1.29 is 4.74 Å². The number of fused-ring (bicyclic) bond motifs is 3. The van der Waals surface area contributed by atoms with Crippen LogP contribution in [0.4, 0.5) is 0 Å². The second-order valence-electron chi connectivity index (χ2n) is 6.68. The molecule has 1 N–H and O–H groups in total. The Morgan fingerprint density at radius 1 is 1.21 bits per heavy atom. The lowest BCUT2D eigenvalue weighted by molar-refractivity contribution is 0.0330. The van der Waals surface area contributed by atoms with Gasteiger partial charge in [0.15, 0.2) is 5.43 Å². The lowest BCUT2D eigenvalue weighted by Gasteiger charge is -2.30. The van der Waals surface area contributed by atoms with Crippen molar-refractivity contribution >= 4 is 21.8 Å². The lowest BCUT2D eigenvalue weighted by atomic mass is 10.2. The van der Waals surface area contributed by atoms with Gasteiger partial charge in [0.25, 0.3) is 0 Å². The van der Waals surface area contributed by atoms with Gasteiger partial charge in [-0.3, -0.25) is 9.69 Å². The first-order chi connectivity index (χ1) is 11.6. The summed E-state index contributed by atoms with van der Waals surface area (Å²) in [5.41, 5.74) is 3.41. The number of nitrogens with one attached hydrogen (secondary N) is 1. The van der Waals surface area contributed by atoms with E-state index in [1.807, 2.05) is 12.3 Å². The number of morpholine rings is 1. The van der Waals surface area contributed by atoms with Crippen LogP contribution in [0.5, 0.6) is 0 Å². The summed E-state index contributed by atoms with van der Waals surface area (Å²) >= 11 is 0. The Morgan fingerprint density at radius 2 is 2.00 bits per heavy atom. The van der Waals surface area contributed by atoms with Gasteiger partial charge in [0.2, 0.25) is 0 Å². The Morgan fingerprint density at radius 3 is 2.79 bits per heavy atom. The molecule has 1 aromatic carbocycles. The Bertz CT molecular complexity index is 935. The molecule has 24 heavy (non-hydrogen) atoms. The van der Waals surface area contributed by atoms with Crippen LogP contribution in [0.3, 0.4) is 0 Å². The van der Waals surface area contributed by atoms with Gasteiger partial charge in [0.1, 0.15) is 0 Å². The van der Waals surface area contributed by atoms with E-state index in [0.717, 1.165) is 49.4 Å². The minimum Gasteiger partial charge on any atom is -0.379 e. The van der Waals surface area contributed by atoms with Gasteiger partial charge in [-0.2, -0.15) is 0 Å². The highest BCUT2D eigenvalue weighted by atomic mass is 16.5. The molecular weight excluding hydrogens is 302 g/mol. The quantitative estimate of drug-likeness (QED) is 0.805. The minimum atomic E-state index is 0.0618. The highest BCUT2D eigenvalue weighted by molar-refractivity contribution is 6.08. The first-order valence-corrected chi connectivity index (χ1v) is 8.57. The van der Waals surface area contributed by atoms with Crippen molar-refractivity contribution in [3.05, 3.63) is 46.4 Å². The van der Waals surface area contributed by atoms with Crippen LogP contribution in [0.2, 0.25) is 0 Å². The molecule has 0 spiro atoms. The fourth-order valence-corrected chi connectivity index (χ4v) is 3.88. The Hall–Kier alpha value is -2.11. The number of aromatic amines is 1. The largest absolute Gasteiger partial charge is 0.379 e. The van der Waals surface area contributed by atoms with Crippen molar-refractivity contribution in [3.8, 4) is 0 Å². The maximum Gasteiger partial charge on any atom is 0.180 e. The molecule has 126 valence electrons. The summed E-state index contributed by atoms with van der Waals surface area (Å²) in [5.74, 6) is 0. The van der Waals surface area contributed by atoms with Crippen molar-refractivity contribution in [2.45, 2.75) is 19.9 Å². The predicted octanol–water partition coefficient (Wildman–Crippen LogP) is 2.68. The van der Waals surface area contributed by atoms with Gasteiger partial charge < -0.3 is 14.3 Å². The number of aromatic nitrogens is 2. The Balaban J connectivity index is 1.87. The summed E-state index contributed by atoms with van der Waals surface area (Å²) in [6.45, 7) is 8.84. The summed E-state index contributed by atoms with van der Waals surface area (Å²) in [6, 6.07) is 7.76. The van der Waals surface area contributed by atoms with Crippen molar-refractivity contribution in [1.82, 2.24) is 14.5 Å². The molecule has 1 unspecified atom stereocenters. The van der Waals surface area contributed by atoms with Crippen LogP contribution in [0, 0.1) is 6.92 Å². The molecule has 1 aliphatic rings. The van der Waals surface area contributed by atoms with Crippen LogP contribution in [0.25, 0.3) is 21.8 Å². The third kappa shape index (κ3) is 2.54. The SMILES string of the molecule is Cc1[nH]ccc2c3ccc(=O)cc3n(C(C)CN3CCOCC3)c12. The average Bonchev–Trinajstić information content (AvgIpc) is 2.90. The molecule has 0 amide bonds. The fourth-order valence-electron chi connectivity index (χ4n) is 3.88. The van der Waals surface area contributed by atoms with Crippen LogP contribution in [0.1, 0.15) is 18.7 Å². The van der Waals surface area contributed by atoms with Crippen LogP contribution in [0.15, 0.2) is 35.3 Å². The first-order valence-electron chi connectivity index (χ1n) is 8.57. The predicted molar refractivity (Wildman–Crippen MR) is 96.8 cm³/mol. The maximum atomic E-state index is 12.0. The van der Waals surface area contributed by atoms with E-state index in [4.69, 9.17) is 4.74 Å². The van der Waals surface area contributed by atoms with E-state index in [-0.39, 0.29) is 11.5 Å². The lowest BCUT2D eigenvalue weighted by Crippen LogP contribution is -2.39. The van der Waals surface area contributed by atoms with E-state index in [9.17, 15) is 4.79 Å². The molecule has 0 bridgehead atoms. The molecule has 0 saturated carbocycles. The standard InChI is InChI=1S/C19H23N3O2/c1-13(12-21-7-9-24-10-8-21)22-18-11-15(23)3-4-16(18)17-5-6-20-14(2)19(17)22/h3-6,11,13,20H,7-10,12H2,1-2H3. The molecule has 1 fully saturated rings. The van der Waals surface area contributed by atoms with Gasteiger partial charge in [-0.15, -0.1) is 0 Å². The minimum absolute atomic E-state index is 0.0618. The molecule has 1 saturated heterocycles. The molecule has 4 rings (SSSR count). The van der Waals surface area contributed by atoms with Gasteiger partial charge >= 0.3 is 0 Å². The number of H-pyrrole nitrogens is 1. The summed E-state index contributed by atoms with van der Waals surface area (Å²) in [7, 11) is 0. The van der Waals surface area contributed by atoms with E-state index >= 15 is 0 Å². The average molecular weight is 325 g/mol. The molecular formula is C19H23N3O2.